The van der Waals surface area contributed by atoms with Gasteiger partial charge in [-0.05, 0) is 49.9 Å². The van der Waals surface area contributed by atoms with E-state index in [1.54, 1.807) is 0 Å². The molecule has 0 spiro atoms. The third kappa shape index (κ3) is 4.87. The minimum atomic E-state index is -4.16. The molecule has 0 aromatic heterocycles. The van der Waals surface area contributed by atoms with Crippen LogP contribution in [0.3, 0.4) is 0 Å². The Morgan fingerprint density at radius 3 is 2.17 bits per heavy atom. The third-order valence-corrected chi connectivity index (χ3v) is 5.75. The van der Waals surface area contributed by atoms with E-state index in [1.807, 2.05) is 4.90 Å². The fourth-order valence-corrected chi connectivity index (χ4v) is 4.15. The van der Waals surface area contributed by atoms with Crippen LogP contribution < -0.4 is 0 Å². The summed E-state index contributed by atoms with van der Waals surface area (Å²) in [7, 11) is 0. The van der Waals surface area contributed by atoms with Gasteiger partial charge in [-0.1, -0.05) is 27.2 Å². The van der Waals surface area contributed by atoms with Gasteiger partial charge in [0.25, 0.3) is 0 Å². The van der Waals surface area contributed by atoms with Gasteiger partial charge in [0.1, 0.15) is 0 Å². The second kappa shape index (κ2) is 7.02. The van der Waals surface area contributed by atoms with E-state index in [4.69, 9.17) is 0 Å². The van der Waals surface area contributed by atoms with Gasteiger partial charge in [0.05, 0.1) is 5.92 Å². The van der Waals surface area contributed by atoms with E-state index in [9.17, 15) is 18.0 Å². The number of rotatable bonds is 1. The Kier molecular flexibility index (Phi) is 5.68. The maximum atomic E-state index is 12.9. The topological polar surface area (TPSA) is 20.3 Å². The molecule has 0 bridgehead atoms. The summed E-state index contributed by atoms with van der Waals surface area (Å²) >= 11 is 0. The molecule has 2 aliphatic rings. The highest BCUT2D eigenvalue weighted by molar-refractivity contribution is 5.79. The van der Waals surface area contributed by atoms with Crippen molar-refractivity contribution in [3.05, 3.63) is 0 Å². The molecule has 0 radical (unpaired) electrons. The summed E-state index contributed by atoms with van der Waals surface area (Å²) in [5, 5.41) is 0. The molecular weight excluding hydrogens is 303 g/mol. The number of nitrogens with zero attached hydrogens (tertiary/aromatic N) is 1. The highest BCUT2D eigenvalue weighted by atomic mass is 19.4. The van der Waals surface area contributed by atoms with Gasteiger partial charge in [-0.15, -0.1) is 0 Å². The Balaban J connectivity index is 1.95. The molecule has 3 unspecified atom stereocenters. The van der Waals surface area contributed by atoms with Crippen molar-refractivity contribution in [2.75, 3.05) is 13.1 Å². The van der Waals surface area contributed by atoms with E-state index in [1.165, 1.54) is 0 Å². The summed E-state index contributed by atoms with van der Waals surface area (Å²) in [6.45, 7) is 8.09. The molecule has 1 heterocycles. The standard InChI is InChI=1S/C18H30F3NO/c1-17(2,3)14-8-5-10-22(11-9-14)16(23)13-6-4-7-15(12-13)18(19,20)21/h13-15H,4-12H2,1-3H3. The zero-order chi connectivity index (χ0) is 17.3. The van der Waals surface area contributed by atoms with Gasteiger partial charge in [-0.25, -0.2) is 0 Å². The van der Waals surface area contributed by atoms with Crippen LogP contribution >= 0.6 is 0 Å². The zero-order valence-corrected chi connectivity index (χ0v) is 14.6. The lowest BCUT2D eigenvalue weighted by Crippen LogP contribution is -2.41. The summed E-state index contributed by atoms with van der Waals surface area (Å²) in [5.41, 5.74) is 0.227. The Labute approximate surface area is 137 Å². The number of likely N-dealkylation sites (tertiary alicyclic amines) is 1. The molecule has 1 amide bonds. The Hall–Kier alpha value is -0.740. The van der Waals surface area contributed by atoms with Gasteiger partial charge in [-0.2, -0.15) is 13.2 Å². The predicted octanol–water partition coefficient (Wildman–Crippen LogP) is 5.03. The molecule has 0 N–H and O–H groups in total. The lowest BCUT2D eigenvalue weighted by atomic mass is 9.77. The summed E-state index contributed by atoms with van der Waals surface area (Å²) in [6.07, 6.45) is 0.163. The molecule has 23 heavy (non-hydrogen) atoms. The van der Waals surface area contributed by atoms with E-state index in [2.05, 4.69) is 20.8 Å². The second-order valence-corrected chi connectivity index (χ2v) is 8.42. The van der Waals surface area contributed by atoms with Gasteiger partial charge in [0.2, 0.25) is 5.91 Å². The van der Waals surface area contributed by atoms with Crippen LogP contribution in [0.5, 0.6) is 0 Å². The normalized spacial score (nSPS) is 30.9. The van der Waals surface area contributed by atoms with Crippen molar-refractivity contribution in [3.8, 4) is 0 Å². The zero-order valence-electron chi connectivity index (χ0n) is 14.6. The number of carbonyl (C=O) groups excluding carboxylic acids is 1. The van der Waals surface area contributed by atoms with Crippen molar-refractivity contribution in [1.82, 2.24) is 4.90 Å². The van der Waals surface area contributed by atoms with Crippen LogP contribution in [0.2, 0.25) is 0 Å². The van der Waals surface area contributed by atoms with Crippen LogP contribution in [-0.2, 0) is 4.79 Å². The van der Waals surface area contributed by atoms with Gasteiger partial charge in [0.15, 0.2) is 0 Å². The lowest BCUT2D eigenvalue weighted by molar-refractivity contribution is -0.187. The number of amides is 1. The first-order valence-corrected chi connectivity index (χ1v) is 8.94. The van der Waals surface area contributed by atoms with E-state index in [0.717, 1.165) is 19.3 Å². The van der Waals surface area contributed by atoms with Crippen LogP contribution in [0.25, 0.3) is 0 Å². The molecule has 0 aromatic carbocycles. The molecule has 1 saturated heterocycles. The van der Waals surface area contributed by atoms with E-state index < -0.39 is 18.0 Å². The third-order valence-electron chi connectivity index (χ3n) is 5.75. The average Bonchev–Trinajstić information content (AvgIpc) is 2.71. The Bertz CT molecular complexity index is 413. The van der Waals surface area contributed by atoms with Crippen LogP contribution in [0.4, 0.5) is 13.2 Å². The monoisotopic (exact) mass is 333 g/mol. The average molecular weight is 333 g/mol. The Morgan fingerprint density at radius 2 is 1.57 bits per heavy atom. The fourth-order valence-electron chi connectivity index (χ4n) is 4.15. The predicted molar refractivity (Wildman–Crippen MR) is 84.9 cm³/mol. The molecule has 1 aliphatic heterocycles. The van der Waals surface area contributed by atoms with Crippen LogP contribution in [0.15, 0.2) is 0 Å². The fraction of sp³-hybridized carbons (Fsp3) is 0.944. The number of alkyl halides is 3. The minimum Gasteiger partial charge on any atom is -0.342 e. The number of hydrogen-bond donors (Lipinski definition) is 0. The molecule has 134 valence electrons. The lowest BCUT2D eigenvalue weighted by Gasteiger charge is -2.33. The summed E-state index contributed by atoms with van der Waals surface area (Å²) in [5.74, 6) is -1.18. The molecule has 5 heteroatoms. The van der Waals surface area contributed by atoms with Gasteiger partial charge >= 0.3 is 6.18 Å². The van der Waals surface area contributed by atoms with Gasteiger partial charge < -0.3 is 4.90 Å². The number of halogens is 3. The summed E-state index contributed by atoms with van der Waals surface area (Å²) in [4.78, 5) is 14.5. The number of hydrogen-bond acceptors (Lipinski definition) is 1. The second-order valence-electron chi connectivity index (χ2n) is 8.42. The summed E-state index contributed by atoms with van der Waals surface area (Å²) in [6, 6.07) is 0. The largest absolute Gasteiger partial charge is 0.391 e. The molecule has 2 rings (SSSR count). The summed E-state index contributed by atoms with van der Waals surface area (Å²) < 4.78 is 38.8. The van der Waals surface area contributed by atoms with Crippen molar-refractivity contribution >= 4 is 5.91 Å². The highest BCUT2D eigenvalue weighted by Crippen LogP contribution is 2.41. The first-order valence-electron chi connectivity index (χ1n) is 8.94. The maximum Gasteiger partial charge on any atom is 0.391 e. The molecule has 2 nitrogen and oxygen atoms in total. The van der Waals surface area contributed by atoms with Crippen molar-refractivity contribution in [2.24, 2.45) is 23.2 Å². The van der Waals surface area contributed by atoms with Crippen LogP contribution in [-0.4, -0.2) is 30.1 Å². The van der Waals surface area contributed by atoms with Crippen LogP contribution in [0, 0.1) is 23.2 Å². The smallest absolute Gasteiger partial charge is 0.342 e. The molecule has 2 fully saturated rings. The van der Waals surface area contributed by atoms with Crippen molar-refractivity contribution in [3.63, 3.8) is 0 Å². The molecule has 0 aromatic rings. The van der Waals surface area contributed by atoms with Gasteiger partial charge in [-0.3, -0.25) is 4.79 Å². The van der Waals surface area contributed by atoms with Crippen molar-refractivity contribution in [2.45, 2.75) is 71.9 Å². The van der Waals surface area contributed by atoms with Crippen LogP contribution in [0.1, 0.15) is 65.7 Å². The molecule has 1 aliphatic carbocycles. The van der Waals surface area contributed by atoms with Crippen molar-refractivity contribution in [1.29, 1.82) is 0 Å². The molecule has 1 saturated carbocycles. The van der Waals surface area contributed by atoms with Gasteiger partial charge in [0, 0.05) is 19.0 Å². The Morgan fingerprint density at radius 1 is 0.913 bits per heavy atom. The quantitative estimate of drug-likeness (QED) is 0.659. The molecular formula is C18H30F3NO. The SMILES string of the molecule is CC(C)(C)C1CCCN(C(=O)C2CCCC(C(F)(F)F)C2)CC1. The molecule has 3 atom stereocenters. The van der Waals surface area contributed by atoms with E-state index in [-0.39, 0.29) is 24.2 Å². The van der Waals surface area contributed by atoms with Crippen molar-refractivity contribution < 1.29 is 18.0 Å². The maximum absolute atomic E-state index is 12.9. The van der Waals surface area contributed by atoms with E-state index >= 15 is 0 Å². The first kappa shape index (κ1) is 18.6. The highest BCUT2D eigenvalue weighted by Gasteiger charge is 2.44. The number of carbonyl (C=O) groups is 1. The first-order chi connectivity index (χ1) is 10.6. The minimum absolute atomic E-state index is 0.0124. The van der Waals surface area contributed by atoms with E-state index in [0.29, 0.717) is 31.8 Å².